The predicted molar refractivity (Wildman–Crippen MR) is 316 cm³/mol. The van der Waals surface area contributed by atoms with Crippen molar-refractivity contribution in [2.24, 2.45) is 0 Å². The van der Waals surface area contributed by atoms with E-state index in [1.165, 1.54) is 42.1 Å². The molecule has 444 valence electrons. The van der Waals surface area contributed by atoms with Crippen LogP contribution in [0.1, 0.15) is 89.3 Å². The van der Waals surface area contributed by atoms with Crippen LogP contribution in [0, 0.1) is 0 Å². The second-order valence-electron chi connectivity index (χ2n) is 19.0. The molecule has 0 aliphatic rings. The number of aromatic nitrogens is 2. The van der Waals surface area contributed by atoms with Crippen molar-refractivity contribution in [2.75, 3.05) is 53.1 Å². The lowest BCUT2D eigenvalue weighted by Gasteiger charge is -2.19. The molecule has 20 heteroatoms. The molecule has 7 aromatic rings. The molecular formula is C63H76N3O16P. The Kier molecular flexibility index (Phi) is 27.1. The molecule has 1 heterocycles. The predicted octanol–water partition coefficient (Wildman–Crippen LogP) is 12.3. The van der Waals surface area contributed by atoms with Crippen LogP contribution >= 0.6 is 7.60 Å². The second-order valence-corrected chi connectivity index (χ2v) is 21.0. The van der Waals surface area contributed by atoms with Crippen molar-refractivity contribution >= 4 is 31.3 Å². The number of nitrogens with zero attached hydrogens (tertiary/aromatic N) is 2. The molecule has 19 nitrogen and oxygen atoms in total. The number of carboxylic acid groups (broad SMARTS) is 1. The van der Waals surface area contributed by atoms with Gasteiger partial charge in [-0.1, -0.05) is 91.0 Å². The zero-order valence-electron chi connectivity index (χ0n) is 48.4. The summed E-state index contributed by atoms with van der Waals surface area (Å²) in [5, 5.41) is 25.9. The number of nitrogens with one attached hydrogen (secondary N) is 1. The number of phenols is 1. The molecule has 0 unspecified atom stereocenters. The minimum Gasteiger partial charge on any atom is -0.508 e. The van der Waals surface area contributed by atoms with Gasteiger partial charge < -0.3 is 62.5 Å². The summed E-state index contributed by atoms with van der Waals surface area (Å²) >= 11 is 0. The summed E-state index contributed by atoms with van der Waals surface area (Å²) in [4.78, 5) is 36.0. The summed E-state index contributed by atoms with van der Waals surface area (Å²) in [5.41, 5.74) is 4.04. The number of hydrogen-bond acceptors (Lipinski definition) is 16. The number of hydrogen-bond donors (Lipinski definition) is 3. The molecule has 1 aromatic heterocycles. The summed E-state index contributed by atoms with van der Waals surface area (Å²) in [5.74, 6) is 0.650. The Morgan fingerprint density at radius 2 is 1.01 bits per heavy atom. The molecule has 0 aliphatic heterocycles. The normalized spacial score (nSPS) is 12.3. The van der Waals surface area contributed by atoms with Crippen molar-refractivity contribution in [1.82, 2.24) is 9.78 Å². The molecule has 7 rings (SSSR count). The summed E-state index contributed by atoms with van der Waals surface area (Å²) < 4.78 is 69.0. The molecule has 3 N–H and O–H groups in total. The number of aromatic hydroxyl groups is 1. The van der Waals surface area contributed by atoms with Crippen LogP contribution in [0.5, 0.6) is 34.5 Å². The number of carbonyl (C=O) groups excluding carboxylic acids is 2. The Morgan fingerprint density at radius 3 is 1.46 bits per heavy atom. The number of carbonyl (C=O) groups is 3. The Labute approximate surface area is 485 Å². The standard InChI is InChI=1S/C28H38N3O7P.C20H24O5.C15H14O4/c1-6-35-39(33,36-7-2)20-31-14-13-27(30-31)29-28(32)24-16-25(18-26(17-24)38-22(4)19-34-5)37-21(3)15-23-11-9-8-10-12-23;1-14(9-16-7-5-4-6-8-16)24-18-10-17(20(21)22)11-19(12-18)25-15(2)13-23-3;1-18-15(17)12-7-13(16)9-14(8-12)19-10-11-5-3-2-4-6-11/h8-14,16-18,21-22H,6-7,15,19-20H2,1-5H3,(H,29,30,32);4-8,10-12,14-15H,9,13H2,1-3H3,(H,21,22);2-9,16H,10H2,1H3/t21-,22-;14-,15-;/m00./s1. The largest absolute Gasteiger partial charge is 0.508 e. The van der Waals surface area contributed by atoms with Crippen molar-refractivity contribution in [3.8, 4) is 34.5 Å². The van der Waals surface area contributed by atoms with Crippen LogP contribution in [-0.4, -0.2) is 110 Å². The highest BCUT2D eigenvalue weighted by molar-refractivity contribution is 7.52. The van der Waals surface area contributed by atoms with Gasteiger partial charge in [0.2, 0.25) is 0 Å². The third-order valence-electron chi connectivity index (χ3n) is 11.6. The fourth-order valence-corrected chi connectivity index (χ4v) is 9.68. The lowest BCUT2D eigenvalue weighted by molar-refractivity contribution is 0.0598. The zero-order valence-corrected chi connectivity index (χ0v) is 49.3. The highest BCUT2D eigenvalue weighted by atomic mass is 31.2. The first kappa shape index (κ1) is 65.6. The highest BCUT2D eigenvalue weighted by Gasteiger charge is 2.25. The maximum atomic E-state index is 13.2. The van der Waals surface area contributed by atoms with Crippen LogP contribution in [0.25, 0.3) is 0 Å². The molecule has 0 saturated heterocycles. The maximum Gasteiger partial charge on any atom is 0.351 e. The number of anilines is 1. The lowest BCUT2D eigenvalue weighted by Crippen LogP contribution is -2.20. The Morgan fingerprint density at radius 1 is 0.566 bits per heavy atom. The van der Waals surface area contributed by atoms with Gasteiger partial charge in [-0.05, 0) is 94.6 Å². The minimum absolute atomic E-state index is 0.0361. The second kappa shape index (κ2) is 34.3. The van der Waals surface area contributed by atoms with Gasteiger partial charge in [-0.3, -0.25) is 14.0 Å². The van der Waals surface area contributed by atoms with Crippen LogP contribution in [0.15, 0.2) is 158 Å². The quantitative estimate of drug-likeness (QED) is 0.0292. The van der Waals surface area contributed by atoms with Gasteiger partial charge in [-0.15, -0.1) is 0 Å². The zero-order chi connectivity index (χ0) is 60.2. The molecule has 0 saturated carbocycles. The van der Waals surface area contributed by atoms with Gasteiger partial charge in [-0.25, -0.2) is 9.59 Å². The smallest absolute Gasteiger partial charge is 0.351 e. The van der Waals surface area contributed by atoms with Gasteiger partial charge in [0.1, 0.15) is 59.6 Å². The molecule has 0 fully saturated rings. The average molecular weight is 1160 g/mol. The van der Waals surface area contributed by atoms with Gasteiger partial charge in [0.15, 0.2) is 5.82 Å². The van der Waals surface area contributed by atoms with E-state index in [9.17, 15) is 29.2 Å². The van der Waals surface area contributed by atoms with Crippen molar-refractivity contribution in [3.63, 3.8) is 0 Å². The van der Waals surface area contributed by atoms with Gasteiger partial charge in [-0.2, -0.15) is 5.10 Å². The maximum absolute atomic E-state index is 13.2. The number of esters is 1. The van der Waals surface area contributed by atoms with E-state index in [1.807, 2.05) is 119 Å². The molecule has 0 bridgehead atoms. The Bertz CT molecular complexity index is 3120. The number of phenolic OH excluding ortho intramolecular Hbond substituents is 1. The van der Waals surface area contributed by atoms with E-state index in [0.717, 1.165) is 23.1 Å². The van der Waals surface area contributed by atoms with Crippen LogP contribution in [-0.2, 0) is 53.6 Å². The molecule has 1 amide bonds. The number of rotatable bonds is 29. The first-order valence-corrected chi connectivity index (χ1v) is 28.7. The van der Waals surface area contributed by atoms with E-state index in [1.54, 1.807) is 64.6 Å². The highest BCUT2D eigenvalue weighted by Crippen LogP contribution is 2.49. The summed E-state index contributed by atoms with van der Waals surface area (Å²) in [6, 6.07) is 45.4. The van der Waals surface area contributed by atoms with E-state index in [-0.39, 0.29) is 60.8 Å². The van der Waals surface area contributed by atoms with Crippen LogP contribution in [0.2, 0.25) is 0 Å². The molecule has 0 spiro atoms. The molecule has 0 radical (unpaired) electrons. The van der Waals surface area contributed by atoms with Gasteiger partial charge in [0, 0.05) is 63.1 Å². The topological polar surface area (TPSA) is 231 Å². The van der Waals surface area contributed by atoms with E-state index >= 15 is 0 Å². The van der Waals surface area contributed by atoms with Gasteiger partial charge >= 0.3 is 19.5 Å². The van der Waals surface area contributed by atoms with Crippen LogP contribution in [0.4, 0.5) is 5.82 Å². The van der Waals surface area contributed by atoms with E-state index < -0.39 is 25.4 Å². The number of aromatic carboxylic acids is 1. The van der Waals surface area contributed by atoms with Crippen molar-refractivity contribution < 1.29 is 76.1 Å². The number of benzene rings is 6. The van der Waals surface area contributed by atoms with Crippen LogP contribution < -0.4 is 29.0 Å². The van der Waals surface area contributed by atoms with Crippen molar-refractivity contribution in [2.45, 2.75) is 91.7 Å². The van der Waals surface area contributed by atoms with Gasteiger partial charge in [0.05, 0.1) is 56.9 Å². The molecular weight excluding hydrogens is 1090 g/mol. The minimum atomic E-state index is -3.35. The SMILES string of the molecule is CCOP(=O)(Cn1ccc(NC(=O)c2cc(O[C@@H](C)COC)cc(O[C@@H](C)Cc3ccccc3)c2)n1)OCC.COC(=O)c1cc(O)cc(OCc2ccccc2)c1.COC[C@H](C)Oc1cc(O[C@@H](C)Cc2ccccc2)cc(C(=O)O)c1. The number of carboxylic acids is 1. The van der Waals surface area contributed by atoms with E-state index in [4.69, 9.17) is 42.2 Å². The first-order valence-electron chi connectivity index (χ1n) is 27.0. The fraction of sp³-hybridized carbons (Fsp3) is 0.333. The average Bonchev–Trinajstić information content (AvgIpc) is 3.91. The molecule has 83 heavy (non-hydrogen) atoms. The van der Waals surface area contributed by atoms with E-state index in [0.29, 0.717) is 66.4 Å². The molecule has 6 aromatic carbocycles. The van der Waals surface area contributed by atoms with Crippen LogP contribution in [0.3, 0.4) is 0 Å². The lowest BCUT2D eigenvalue weighted by atomic mass is 10.1. The van der Waals surface area contributed by atoms with Crippen molar-refractivity contribution in [3.05, 3.63) is 191 Å². The number of amides is 1. The molecule has 4 atom stereocenters. The number of ether oxygens (including phenoxy) is 8. The fourth-order valence-electron chi connectivity index (χ4n) is 8.14. The van der Waals surface area contributed by atoms with Gasteiger partial charge in [0.25, 0.3) is 5.91 Å². The summed E-state index contributed by atoms with van der Waals surface area (Å²) in [6.45, 7) is 12.8. The summed E-state index contributed by atoms with van der Waals surface area (Å²) in [7, 11) is 1.13. The monoisotopic (exact) mass is 1160 g/mol. The Balaban J connectivity index is 0.000000245. The van der Waals surface area contributed by atoms with E-state index in [2.05, 4.69) is 15.2 Å². The molecule has 0 aliphatic carbocycles. The Hall–Kier alpha value is -8.19. The summed E-state index contributed by atoms with van der Waals surface area (Å²) in [6.07, 6.45) is 2.31. The first-order chi connectivity index (χ1) is 39.9. The van der Waals surface area contributed by atoms with Crippen molar-refractivity contribution in [1.29, 1.82) is 0 Å². The third kappa shape index (κ3) is 23.7. The number of methoxy groups -OCH3 is 3. The third-order valence-corrected chi connectivity index (χ3v) is 13.5.